The van der Waals surface area contributed by atoms with Crippen molar-refractivity contribution in [2.24, 2.45) is 0 Å². The zero-order chi connectivity index (χ0) is 5.98. The fourth-order valence-corrected chi connectivity index (χ4v) is 1.24. The van der Waals surface area contributed by atoms with E-state index in [1.165, 1.54) is 11.3 Å². The van der Waals surface area contributed by atoms with Crippen LogP contribution in [-0.2, 0) is 0 Å². The van der Waals surface area contributed by atoms with E-state index in [-0.39, 0.29) is 0 Å². The number of aromatic nitrogens is 1. The molecule has 0 saturated heterocycles. The van der Waals surface area contributed by atoms with Crippen molar-refractivity contribution < 1.29 is 5.21 Å². The molecule has 44 valence electrons. The van der Waals surface area contributed by atoms with Gasteiger partial charge in [0.1, 0.15) is 0 Å². The highest BCUT2D eigenvalue weighted by Crippen LogP contribution is 2.18. The molecule has 0 spiro atoms. The topological polar surface area (TPSA) is 45.1 Å². The summed E-state index contributed by atoms with van der Waals surface area (Å²) in [7, 11) is 0. The van der Waals surface area contributed by atoms with E-state index < -0.39 is 0 Å². The quantitative estimate of drug-likeness (QED) is 0.670. The van der Waals surface area contributed by atoms with Crippen LogP contribution in [0.2, 0.25) is 0 Å². The fraction of sp³-hybridized carbons (Fsp3) is 0. The number of thiazole rings is 1. The third-order valence-corrected chi connectivity index (χ3v) is 1.96. The van der Waals surface area contributed by atoms with Crippen LogP contribution in [-0.4, -0.2) is 10.2 Å². The van der Waals surface area contributed by atoms with Crippen molar-refractivity contribution >= 4 is 33.1 Å². The minimum atomic E-state index is 0.474. The first-order chi connectivity index (χ1) is 3.83. The lowest BCUT2D eigenvalue weighted by Crippen LogP contribution is -1.86. The van der Waals surface area contributed by atoms with Crippen molar-refractivity contribution in [1.82, 2.24) is 4.98 Å². The third-order valence-electron chi connectivity index (χ3n) is 0.591. The minimum absolute atomic E-state index is 0.474. The van der Waals surface area contributed by atoms with E-state index in [4.69, 9.17) is 5.21 Å². The smallest absolute Gasteiger partial charge is 0.161 e. The maximum atomic E-state index is 8.22. The Bertz CT molecular complexity index is 178. The molecule has 0 unspecified atom stereocenters. The van der Waals surface area contributed by atoms with E-state index in [1.54, 1.807) is 5.38 Å². The minimum Gasteiger partial charge on any atom is -0.290 e. The molecule has 1 rings (SSSR count). The lowest BCUT2D eigenvalue weighted by atomic mass is 10.8. The van der Waals surface area contributed by atoms with Crippen LogP contribution in [0.25, 0.3) is 0 Å². The second kappa shape index (κ2) is 2.43. The highest BCUT2D eigenvalue weighted by atomic mass is 79.9. The largest absolute Gasteiger partial charge is 0.290 e. The summed E-state index contributed by atoms with van der Waals surface area (Å²) < 4.78 is 0.758. The van der Waals surface area contributed by atoms with Crippen LogP contribution >= 0.6 is 27.3 Å². The lowest BCUT2D eigenvalue weighted by molar-refractivity contribution is 0.386. The Morgan fingerprint density at radius 1 is 1.88 bits per heavy atom. The van der Waals surface area contributed by atoms with E-state index in [2.05, 4.69) is 20.9 Å². The number of rotatable bonds is 1. The summed E-state index contributed by atoms with van der Waals surface area (Å²) in [5.74, 6) is 0.474. The van der Waals surface area contributed by atoms with Gasteiger partial charge in [-0.25, -0.2) is 4.98 Å². The Morgan fingerprint density at radius 3 is 2.88 bits per heavy atom. The lowest BCUT2D eigenvalue weighted by Gasteiger charge is -1.83. The number of hydrogen-bond acceptors (Lipinski definition) is 4. The van der Waals surface area contributed by atoms with Gasteiger partial charge in [-0.3, -0.25) is 10.7 Å². The molecule has 8 heavy (non-hydrogen) atoms. The Kier molecular flexibility index (Phi) is 1.82. The molecule has 0 bridgehead atoms. The second-order valence-corrected chi connectivity index (χ2v) is 3.23. The molecule has 0 radical (unpaired) electrons. The number of anilines is 1. The van der Waals surface area contributed by atoms with Gasteiger partial charge in [0.25, 0.3) is 0 Å². The van der Waals surface area contributed by atoms with E-state index >= 15 is 0 Å². The molecular formula is C3H3BrN2OS. The van der Waals surface area contributed by atoms with Crippen molar-refractivity contribution in [3.05, 3.63) is 9.30 Å². The molecule has 3 nitrogen and oxygen atoms in total. The van der Waals surface area contributed by atoms with E-state index in [9.17, 15) is 0 Å². The monoisotopic (exact) mass is 194 g/mol. The summed E-state index contributed by atoms with van der Waals surface area (Å²) in [6.45, 7) is 0. The first kappa shape index (κ1) is 6.00. The summed E-state index contributed by atoms with van der Waals surface area (Å²) in [4.78, 5) is 3.80. The van der Waals surface area contributed by atoms with Crippen LogP contribution < -0.4 is 5.48 Å². The number of hydrogen-bond donors (Lipinski definition) is 2. The Morgan fingerprint density at radius 2 is 2.62 bits per heavy atom. The second-order valence-electron chi connectivity index (χ2n) is 1.10. The predicted molar refractivity (Wildman–Crippen MR) is 35.2 cm³/mol. The molecule has 0 fully saturated rings. The maximum absolute atomic E-state index is 8.22. The van der Waals surface area contributed by atoms with Crippen molar-refractivity contribution in [2.75, 3.05) is 5.48 Å². The van der Waals surface area contributed by atoms with Crippen LogP contribution in [0.3, 0.4) is 0 Å². The molecule has 0 aliphatic rings. The first-order valence-corrected chi connectivity index (χ1v) is 3.51. The van der Waals surface area contributed by atoms with Gasteiger partial charge in [-0.05, 0) is 15.9 Å². The van der Waals surface area contributed by atoms with E-state index in [0.29, 0.717) is 5.82 Å². The molecule has 1 aromatic rings. The van der Waals surface area contributed by atoms with Crippen molar-refractivity contribution in [3.63, 3.8) is 0 Å². The molecule has 0 saturated carbocycles. The first-order valence-electron chi connectivity index (χ1n) is 1.84. The predicted octanol–water partition coefficient (Wildman–Crippen LogP) is 1.71. The molecule has 5 heteroatoms. The average Bonchev–Trinajstić information content (AvgIpc) is 2.14. The van der Waals surface area contributed by atoms with Crippen molar-refractivity contribution in [2.45, 2.75) is 0 Å². The molecule has 0 aromatic carbocycles. The van der Waals surface area contributed by atoms with Gasteiger partial charge >= 0.3 is 0 Å². The van der Waals surface area contributed by atoms with Gasteiger partial charge in [0.15, 0.2) is 9.73 Å². The van der Waals surface area contributed by atoms with Crippen LogP contribution in [0.15, 0.2) is 9.30 Å². The van der Waals surface area contributed by atoms with E-state index in [1.807, 2.05) is 5.48 Å². The summed E-state index contributed by atoms with van der Waals surface area (Å²) in [5, 5.41) is 9.92. The average molecular weight is 195 g/mol. The van der Waals surface area contributed by atoms with Crippen LogP contribution in [0, 0.1) is 0 Å². The zero-order valence-electron chi connectivity index (χ0n) is 3.76. The van der Waals surface area contributed by atoms with Gasteiger partial charge in [-0.2, -0.15) is 0 Å². The molecular weight excluding hydrogens is 192 g/mol. The Balaban J connectivity index is 2.84. The normalized spacial score (nSPS) is 9.25. The molecule has 2 N–H and O–H groups in total. The Labute approximate surface area is 58.5 Å². The molecule has 1 aromatic heterocycles. The number of halogens is 1. The van der Waals surface area contributed by atoms with Gasteiger partial charge in [0.2, 0.25) is 0 Å². The van der Waals surface area contributed by atoms with Crippen molar-refractivity contribution in [3.8, 4) is 0 Å². The zero-order valence-corrected chi connectivity index (χ0v) is 6.16. The summed E-state index contributed by atoms with van der Waals surface area (Å²) in [5.41, 5.74) is 1.92. The molecule has 0 amide bonds. The van der Waals surface area contributed by atoms with Crippen LogP contribution in [0.5, 0.6) is 0 Å². The number of nitrogens with zero attached hydrogens (tertiary/aromatic N) is 1. The molecule has 0 aliphatic heterocycles. The summed E-state index contributed by atoms with van der Waals surface area (Å²) >= 11 is 4.54. The van der Waals surface area contributed by atoms with Gasteiger partial charge < -0.3 is 0 Å². The van der Waals surface area contributed by atoms with Gasteiger partial charge in [0, 0.05) is 5.38 Å². The van der Waals surface area contributed by atoms with E-state index in [0.717, 1.165) is 3.92 Å². The molecule has 0 aliphatic carbocycles. The Hall–Kier alpha value is -0.130. The highest BCUT2D eigenvalue weighted by molar-refractivity contribution is 9.11. The standard InChI is InChI=1S/C3H3BrN2OS/c4-3-5-2(6-7)1-8-3/h1,6-7H. The SMILES string of the molecule is ONc1csc(Br)n1. The van der Waals surface area contributed by atoms with Gasteiger partial charge in [-0.15, -0.1) is 11.3 Å². The number of nitrogens with one attached hydrogen (secondary N) is 1. The summed E-state index contributed by atoms with van der Waals surface area (Å²) in [6.07, 6.45) is 0. The fourth-order valence-electron chi connectivity index (χ4n) is 0.303. The van der Waals surface area contributed by atoms with Crippen LogP contribution in [0.1, 0.15) is 0 Å². The van der Waals surface area contributed by atoms with Gasteiger partial charge in [-0.1, -0.05) is 0 Å². The third kappa shape index (κ3) is 1.18. The summed E-state index contributed by atoms with van der Waals surface area (Å²) in [6, 6.07) is 0. The van der Waals surface area contributed by atoms with Crippen LogP contribution in [0.4, 0.5) is 5.82 Å². The molecule has 0 atom stereocenters. The van der Waals surface area contributed by atoms with Crippen molar-refractivity contribution in [1.29, 1.82) is 0 Å². The molecule has 1 heterocycles. The highest BCUT2D eigenvalue weighted by Gasteiger charge is 1.93. The maximum Gasteiger partial charge on any atom is 0.161 e. The van der Waals surface area contributed by atoms with Gasteiger partial charge in [0.05, 0.1) is 0 Å².